The van der Waals surface area contributed by atoms with Gasteiger partial charge in [-0.2, -0.15) is 4.40 Å². The standard InChI is InChI=1S/C20H33NO2SSi/c1-16-12-13-18(19(14-16)23-25(4,5)6)20(2,3)24(22)21-15-17-10-8-7-9-11-17/h7-11,15-16,18-19H,12-14H2,1-6H3/b21-15+/t16-,18-,19-,24?/m1/s1. The molecule has 1 unspecified atom stereocenters. The number of benzene rings is 1. The van der Waals surface area contributed by atoms with Crippen LogP contribution >= 0.6 is 0 Å². The summed E-state index contributed by atoms with van der Waals surface area (Å²) in [5, 5.41) is 0. The lowest BCUT2D eigenvalue weighted by Gasteiger charge is -2.44. The quantitative estimate of drug-likeness (QED) is 0.503. The van der Waals surface area contributed by atoms with Crippen LogP contribution in [0.25, 0.3) is 0 Å². The predicted molar refractivity (Wildman–Crippen MR) is 111 cm³/mol. The number of hydrogen-bond acceptors (Lipinski definition) is 2. The van der Waals surface area contributed by atoms with Gasteiger partial charge >= 0.3 is 0 Å². The monoisotopic (exact) mass is 379 g/mol. The van der Waals surface area contributed by atoms with E-state index in [1.165, 1.54) is 6.42 Å². The minimum atomic E-state index is -1.64. The molecule has 0 saturated heterocycles. The van der Waals surface area contributed by atoms with E-state index in [0.29, 0.717) is 5.92 Å². The molecule has 0 bridgehead atoms. The minimum Gasteiger partial charge on any atom is -0.414 e. The molecule has 4 atom stereocenters. The Balaban J connectivity index is 2.16. The third-order valence-electron chi connectivity index (χ3n) is 5.00. The van der Waals surface area contributed by atoms with E-state index in [9.17, 15) is 4.21 Å². The molecule has 0 aliphatic heterocycles. The van der Waals surface area contributed by atoms with Gasteiger partial charge in [-0.3, -0.25) is 0 Å². The van der Waals surface area contributed by atoms with Crippen molar-refractivity contribution in [2.24, 2.45) is 16.2 Å². The first-order valence-corrected chi connectivity index (χ1v) is 13.8. The van der Waals surface area contributed by atoms with Crippen LogP contribution in [0.2, 0.25) is 19.6 Å². The molecule has 3 nitrogen and oxygen atoms in total. The van der Waals surface area contributed by atoms with Crippen molar-refractivity contribution in [2.45, 2.75) is 70.5 Å². The van der Waals surface area contributed by atoms with E-state index in [1.807, 2.05) is 30.3 Å². The molecule has 1 aromatic carbocycles. The molecule has 2 rings (SSSR count). The highest BCUT2D eigenvalue weighted by Crippen LogP contribution is 2.41. The highest BCUT2D eigenvalue weighted by molar-refractivity contribution is 7.85. The van der Waals surface area contributed by atoms with Crippen molar-refractivity contribution in [1.29, 1.82) is 0 Å². The molecule has 25 heavy (non-hydrogen) atoms. The van der Waals surface area contributed by atoms with Gasteiger partial charge in [0.1, 0.15) is 11.0 Å². The van der Waals surface area contributed by atoms with E-state index < -0.39 is 24.1 Å². The third kappa shape index (κ3) is 5.86. The Hall–Kier alpha value is -0.783. The van der Waals surface area contributed by atoms with Gasteiger partial charge in [-0.05, 0) is 57.8 Å². The minimum absolute atomic E-state index is 0.196. The van der Waals surface area contributed by atoms with Gasteiger partial charge in [-0.1, -0.05) is 43.7 Å². The Morgan fingerprint density at radius 3 is 2.44 bits per heavy atom. The van der Waals surface area contributed by atoms with Crippen molar-refractivity contribution in [1.82, 2.24) is 0 Å². The number of rotatable bonds is 6. The molecule has 1 aromatic rings. The molecule has 1 fully saturated rings. The van der Waals surface area contributed by atoms with Crippen LogP contribution in [0.15, 0.2) is 34.7 Å². The van der Waals surface area contributed by atoms with Crippen LogP contribution in [0.5, 0.6) is 0 Å². The molecule has 5 heteroatoms. The van der Waals surface area contributed by atoms with E-state index in [-0.39, 0.29) is 12.0 Å². The summed E-state index contributed by atoms with van der Waals surface area (Å²) in [5.41, 5.74) is 0.985. The molecule has 0 spiro atoms. The molecule has 0 aromatic heterocycles. The summed E-state index contributed by atoms with van der Waals surface area (Å²) in [7, 11) is -2.92. The zero-order valence-electron chi connectivity index (χ0n) is 16.5. The van der Waals surface area contributed by atoms with Crippen LogP contribution in [-0.2, 0) is 15.4 Å². The van der Waals surface area contributed by atoms with Crippen LogP contribution in [0.3, 0.4) is 0 Å². The van der Waals surface area contributed by atoms with Crippen molar-refractivity contribution in [2.75, 3.05) is 0 Å². The predicted octanol–water partition coefficient (Wildman–Crippen LogP) is 5.20. The van der Waals surface area contributed by atoms with Gasteiger partial charge in [-0.15, -0.1) is 0 Å². The molecule has 0 amide bonds. The fraction of sp³-hybridized carbons (Fsp3) is 0.650. The summed E-state index contributed by atoms with van der Waals surface area (Å²) in [6, 6.07) is 9.87. The maximum Gasteiger partial charge on any atom is 0.184 e. The molecule has 1 aliphatic rings. The second-order valence-corrected chi connectivity index (χ2v) is 15.0. The van der Waals surface area contributed by atoms with E-state index in [1.54, 1.807) is 6.21 Å². The van der Waals surface area contributed by atoms with Crippen molar-refractivity contribution >= 4 is 25.5 Å². The van der Waals surface area contributed by atoms with Crippen molar-refractivity contribution in [3.63, 3.8) is 0 Å². The maximum absolute atomic E-state index is 13.0. The second-order valence-electron chi connectivity index (χ2n) is 8.79. The average Bonchev–Trinajstić information content (AvgIpc) is 2.51. The summed E-state index contributed by atoms with van der Waals surface area (Å²) < 4.78 is 23.5. The molecule has 1 aliphatic carbocycles. The van der Waals surface area contributed by atoms with Crippen LogP contribution in [-0.4, -0.2) is 29.6 Å². The van der Waals surface area contributed by atoms with Crippen LogP contribution in [0, 0.1) is 11.8 Å². The Morgan fingerprint density at radius 1 is 1.20 bits per heavy atom. The average molecular weight is 380 g/mol. The summed E-state index contributed by atoms with van der Waals surface area (Å²) in [6.07, 6.45) is 5.24. The van der Waals surface area contributed by atoms with Gasteiger partial charge in [-0.25, -0.2) is 4.21 Å². The van der Waals surface area contributed by atoms with Gasteiger partial charge in [0.2, 0.25) is 0 Å². The van der Waals surface area contributed by atoms with Gasteiger partial charge < -0.3 is 4.43 Å². The highest BCUT2D eigenvalue weighted by Gasteiger charge is 2.44. The number of hydrogen-bond donors (Lipinski definition) is 0. The van der Waals surface area contributed by atoms with Crippen LogP contribution < -0.4 is 0 Å². The molecule has 0 heterocycles. The molecule has 0 radical (unpaired) electrons. The van der Waals surface area contributed by atoms with Crippen molar-refractivity contribution in [3.05, 3.63) is 35.9 Å². The smallest absolute Gasteiger partial charge is 0.184 e. The van der Waals surface area contributed by atoms with Gasteiger partial charge in [0.05, 0.1) is 4.75 Å². The lowest BCUT2D eigenvalue weighted by molar-refractivity contribution is 0.0481. The Morgan fingerprint density at radius 2 is 1.84 bits per heavy atom. The summed E-state index contributed by atoms with van der Waals surface area (Å²) in [6.45, 7) is 13.2. The van der Waals surface area contributed by atoms with Crippen LogP contribution in [0.1, 0.15) is 45.6 Å². The molecule has 1 saturated carbocycles. The van der Waals surface area contributed by atoms with E-state index in [0.717, 1.165) is 18.4 Å². The SMILES string of the molecule is C[C@@H]1CC[C@@H](C(C)(C)S(=O)/N=C/c2ccccc2)[C@H](O[Si](C)(C)C)C1. The van der Waals surface area contributed by atoms with E-state index in [4.69, 9.17) is 4.43 Å². The largest absolute Gasteiger partial charge is 0.414 e. The molecular weight excluding hydrogens is 346 g/mol. The molecule has 140 valence electrons. The number of nitrogens with zero attached hydrogens (tertiary/aromatic N) is 1. The normalized spacial score (nSPS) is 26.7. The van der Waals surface area contributed by atoms with Gasteiger partial charge in [0, 0.05) is 18.2 Å². The third-order valence-corrected chi connectivity index (χ3v) is 7.51. The van der Waals surface area contributed by atoms with E-state index in [2.05, 4.69) is 44.8 Å². The van der Waals surface area contributed by atoms with Gasteiger partial charge in [0.25, 0.3) is 0 Å². The first kappa shape index (κ1) is 20.5. The highest BCUT2D eigenvalue weighted by atomic mass is 32.2. The maximum atomic E-state index is 13.0. The Bertz CT molecular complexity index is 610. The Kier molecular flexibility index (Phi) is 6.79. The zero-order chi connectivity index (χ0) is 18.7. The van der Waals surface area contributed by atoms with Crippen LogP contribution in [0.4, 0.5) is 0 Å². The summed E-state index contributed by atoms with van der Waals surface area (Å²) >= 11 is 0. The van der Waals surface area contributed by atoms with E-state index >= 15 is 0 Å². The van der Waals surface area contributed by atoms with Gasteiger partial charge in [0.15, 0.2) is 8.32 Å². The first-order valence-electron chi connectivity index (χ1n) is 9.28. The topological polar surface area (TPSA) is 38.7 Å². The zero-order valence-corrected chi connectivity index (χ0v) is 18.3. The summed E-state index contributed by atoms with van der Waals surface area (Å²) in [4.78, 5) is 0. The Labute approximate surface area is 157 Å². The second kappa shape index (κ2) is 8.27. The molecule has 0 N–H and O–H groups in total. The summed E-state index contributed by atoms with van der Waals surface area (Å²) in [5.74, 6) is 0.957. The first-order chi connectivity index (χ1) is 11.6. The van der Waals surface area contributed by atoms with Crippen molar-refractivity contribution < 1.29 is 8.63 Å². The lowest BCUT2D eigenvalue weighted by Crippen LogP contribution is -2.49. The lowest BCUT2D eigenvalue weighted by atomic mass is 9.75. The van der Waals surface area contributed by atoms with Crippen molar-refractivity contribution in [3.8, 4) is 0 Å². The fourth-order valence-corrected chi connectivity index (χ4v) is 5.81. The fourth-order valence-electron chi connectivity index (χ4n) is 3.62. The molecular formula is C20H33NO2SSi.